The summed E-state index contributed by atoms with van der Waals surface area (Å²) in [6.45, 7) is 0. The molecule has 0 unspecified atom stereocenters. The first-order valence-corrected chi connectivity index (χ1v) is 5.22. The summed E-state index contributed by atoms with van der Waals surface area (Å²) in [7, 11) is 0. The van der Waals surface area contributed by atoms with Crippen molar-refractivity contribution in [3.8, 4) is 0 Å². The van der Waals surface area contributed by atoms with Crippen LogP contribution in [0.15, 0.2) is 48.5 Å². The van der Waals surface area contributed by atoms with E-state index in [0.29, 0.717) is 5.69 Å². The number of fused-ring (bicyclic) bond motifs is 3. The summed E-state index contributed by atoms with van der Waals surface area (Å²) in [4.78, 5) is 0. The molecule has 16 heavy (non-hydrogen) atoms. The standard InChI is InChI=1S/C14H12N2/c15-11-7-10-6-5-9-3-1-2-4-12(9)14(10)13(16)8-11/h1-8H,15-16H2. The third kappa shape index (κ3) is 1.20. The molecule has 3 aromatic rings. The molecular formula is C14H12N2. The molecule has 4 N–H and O–H groups in total. The summed E-state index contributed by atoms with van der Waals surface area (Å²) < 4.78 is 0. The molecule has 0 fully saturated rings. The quantitative estimate of drug-likeness (QED) is 0.440. The van der Waals surface area contributed by atoms with Crippen molar-refractivity contribution in [2.24, 2.45) is 0 Å². The first-order valence-electron chi connectivity index (χ1n) is 5.22. The molecule has 0 aliphatic carbocycles. The first-order chi connectivity index (χ1) is 7.75. The van der Waals surface area contributed by atoms with Crippen molar-refractivity contribution < 1.29 is 0 Å². The summed E-state index contributed by atoms with van der Waals surface area (Å²) in [6.07, 6.45) is 0. The largest absolute Gasteiger partial charge is 0.399 e. The van der Waals surface area contributed by atoms with Crippen molar-refractivity contribution in [1.29, 1.82) is 0 Å². The van der Waals surface area contributed by atoms with E-state index in [1.807, 2.05) is 24.3 Å². The van der Waals surface area contributed by atoms with Gasteiger partial charge in [0.15, 0.2) is 0 Å². The summed E-state index contributed by atoms with van der Waals surface area (Å²) in [5, 5.41) is 4.56. The van der Waals surface area contributed by atoms with Crippen LogP contribution in [0, 0.1) is 0 Å². The highest BCUT2D eigenvalue weighted by Gasteiger charge is 2.04. The zero-order chi connectivity index (χ0) is 11.1. The number of nitrogen functional groups attached to an aromatic ring is 2. The van der Waals surface area contributed by atoms with Gasteiger partial charge in [-0.15, -0.1) is 0 Å². The average Bonchev–Trinajstić information content (AvgIpc) is 2.28. The van der Waals surface area contributed by atoms with E-state index in [2.05, 4.69) is 24.3 Å². The van der Waals surface area contributed by atoms with Gasteiger partial charge >= 0.3 is 0 Å². The SMILES string of the molecule is Nc1cc(N)c2c(ccc3ccccc32)c1. The second kappa shape index (κ2) is 3.14. The lowest BCUT2D eigenvalue weighted by atomic mass is 10.0. The molecule has 0 aliphatic rings. The Bertz CT molecular complexity index is 687. The zero-order valence-corrected chi connectivity index (χ0v) is 8.77. The maximum atomic E-state index is 6.04. The van der Waals surface area contributed by atoms with E-state index < -0.39 is 0 Å². The molecule has 3 rings (SSSR count). The Hall–Kier alpha value is -2.22. The smallest absolute Gasteiger partial charge is 0.0420 e. The Kier molecular flexibility index (Phi) is 1.77. The van der Waals surface area contributed by atoms with Gasteiger partial charge in [-0.3, -0.25) is 0 Å². The number of hydrogen-bond acceptors (Lipinski definition) is 2. The van der Waals surface area contributed by atoms with E-state index in [0.717, 1.165) is 16.5 Å². The van der Waals surface area contributed by atoms with Crippen LogP contribution in [0.4, 0.5) is 11.4 Å². The minimum Gasteiger partial charge on any atom is -0.399 e. The number of benzene rings is 3. The lowest BCUT2D eigenvalue weighted by Crippen LogP contribution is -1.92. The molecule has 0 aromatic heterocycles. The molecule has 0 saturated heterocycles. The van der Waals surface area contributed by atoms with Crippen LogP contribution in [0.3, 0.4) is 0 Å². The summed E-state index contributed by atoms with van der Waals surface area (Å²) in [5.74, 6) is 0. The Morgan fingerprint density at radius 2 is 1.50 bits per heavy atom. The lowest BCUT2D eigenvalue weighted by molar-refractivity contribution is 1.72. The Morgan fingerprint density at radius 3 is 2.38 bits per heavy atom. The van der Waals surface area contributed by atoms with Crippen molar-refractivity contribution in [3.63, 3.8) is 0 Å². The van der Waals surface area contributed by atoms with Crippen molar-refractivity contribution in [1.82, 2.24) is 0 Å². The minimum atomic E-state index is 0.709. The summed E-state index contributed by atoms with van der Waals surface area (Å²) in [6, 6.07) is 16.2. The zero-order valence-electron chi connectivity index (χ0n) is 8.77. The summed E-state index contributed by atoms with van der Waals surface area (Å²) >= 11 is 0. The van der Waals surface area contributed by atoms with Crippen molar-refractivity contribution in [2.45, 2.75) is 0 Å². The van der Waals surface area contributed by atoms with Gasteiger partial charge in [0.1, 0.15) is 0 Å². The lowest BCUT2D eigenvalue weighted by Gasteiger charge is -2.07. The number of anilines is 2. The fraction of sp³-hybridized carbons (Fsp3) is 0. The van der Waals surface area contributed by atoms with Gasteiger partial charge in [-0.25, -0.2) is 0 Å². The van der Waals surface area contributed by atoms with E-state index in [9.17, 15) is 0 Å². The van der Waals surface area contributed by atoms with Crippen LogP contribution in [0.25, 0.3) is 21.5 Å². The highest BCUT2D eigenvalue weighted by atomic mass is 14.6. The van der Waals surface area contributed by atoms with Gasteiger partial charge < -0.3 is 11.5 Å². The van der Waals surface area contributed by atoms with Crippen LogP contribution in [0.1, 0.15) is 0 Å². The monoisotopic (exact) mass is 208 g/mol. The van der Waals surface area contributed by atoms with E-state index in [-0.39, 0.29) is 0 Å². The number of nitrogens with two attached hydrogens (primary N) is 2. The van der Waals surface area contributed by atoms with Crippen molar-refractivity contribution in [3.05, 3.63) is 48.5 Å². The normalized spacial score (nSPS) is 11.0. The number of rotatable bonds is 0. The Labute approximate surface area is 93.5 Å². The van der Waals surface area contributed by atoms with Gasteiger partial charge in [0.05, 0.1) is 0 Å². The predicted octanol–water partition coefficient (Wildman–Crippen LogP) is 3.16. The maximum absolute atomic E-state index is 6.04. The molecule has 0 saturated carbocycles. The third-order valence-electron chi connectivity index (χ3n) is 2.89. The van der Waals surface area contributed by atoms with Crippen molar-refractivity contribution in [2.75, 3.05) is 11.5 Å². The molecular weight excluding hydrogens is 196 g/mol. The molecule has 2 nitrogen and oxygen atoms in total. The van der Waals surface area contributed by atoms with E-state index in [1.165, 1.54) is 10.8 Å². The van der Waals surface area contributed by atoms with Crippen molar-refractivity contribution >= 4 is 32.9 Å². The molecule has 0 spiro atoms. The fourth-order valence-corrected chi connectivity index (χ4v) is 2.20. The second-order valence-corrected chi connectivity index (χ2v) is 3.99. The molecule has 0 radical (unpaired) electrons. The topological polar surface area (TPSA) is 52.0 Å². The molecule has 0 aliphatic heterocycles. The third-order valence-corrected chi connectivity index (χ3v) is 2.89. The van der Waals surface area contributed by atoms with E-state index >= 15 is 0 Å². The average molecular weight is 208 g/mol. The molecule has 0 amide bonds. The maximum Gasteiger partial charge on any atom is 0.0420 e. The molecule has 0 atom stereocenters. The van der Waals surface area contributed by atoms with Crippen LogP contribution < -0.4 is 11.5 Å². The van der Waals surface area contributed by atoms with Crippen LogP contribution in [0.2, 0.25) is 0 Å². The van der Waals surface area contributed by atoms with E-state index in [4.69, 9.17) is 11.5 Å². The van der Waals surface area contributed by atoms with Crippen LogP contribution in [-0.2, 0) is 0 Å². The van der Waals surface area contributed by atoms with Crippen LogP contribution in [-0.4, -0.2) is 0 Å². The Balaban J connectivity index is 2.60. The van der Waals surface area contributed by atoms with Gasteiger partial charge in [0, 0.05) is 16.8 Å². The number of hydrogen-bond donors (Lipinski definition) is 2. The summed E-state index contributed by atoms with van der Waals surface area (Å²) in [5.41, 5.74) is 13.3. The fourth-order valence-electron chi connectivity index (χ4n) is 2.20. The second-order valence-electron chi connectivity index (χ2n) is 3.99. The Morgan fingerprint density at radius 1 is 0.750 bits per heavy atom. The highest BCUT2D eigenvalue weighted by Crippen LogP contribution is 2.31. The van der Waals surface area contributed by atoms with Gasteiger partial charge in [0.25, 0.3) is 0 Å². The molecule has 0 heterocycles. The van der Waals surface area contributed by atoms with Gasteiger partial charge in [-0.05, 0) is 28.3 Å². The molecule has 78 valence electrons. The van der Waals surface area contributed by atoms with Crippen LogP contribution in [0.5, 0.6) is 0 Å². The molecule has 3 aromatic carbocycles. The first kappa shape index (κ1) is 9.04. The van der Waals surface area contributed by atoms with Gasteiger partial charge in [0.2, 0.25) is 0 Å². The van der Waals surface area contributed by atoms with Crippen LogP contribution >= 0.6 is 0 Å². The molecule has 0 bridgehead atoms. The van der Waals surface area contributed by atoms with Gasteiger partial charge in [-0.1, -0.05) is 36.4 Å². The van der Waals surface area contributed by atoms with Gasteiger partial charge in [-0.2, -0.15) is 0 Å². The predicted molar refractivity (Wildman–Crippen MR) is 70.3 cm³/mol. The van der Waals surface area contributed by atoms with E-state index in [1.54, 1.807) is 0 Å². The molecule has 2 heteroatoms. The minimum absolute atomic E-state index is 0.709. The highest BCUT2D eigenvalue weighted by molar-refractivity contribution is 6.13.